The van der Waals surface area contributed by atoms with Gasteiger partial charge in [-0.15, -0.1) is 0 Å². The number of piperazine rings is 1. The number of alkyl halides is 2. The number of nitrogens with zero attached hydrogens (tertiary/aromatic N) is 4. The van der Waals surface area contributed by atoms with E-state index in [0.29, 0.717) is 23.1 Å². The molecule has 0 N–H and O–H groups in total. The molecule has 4 heterocycles. The Kier molecular flexibility index (Phi) is 6.30. The van der Waals surface area contributed by atoms with E-state index in [-0.39, 0.29) is 37.0 Å². The minimum atomic E-state index is -3.26. The fraction of sp³-hybridized carbons (Fsp3) is 0.560. The Hall–Kier alpha value is -2.95. The first kappa shape index (κ1) is 24.7. The average Bonchev–Trinajstić information content (AvgIpc) is 3.34. The summed E-state index contributed by atoms with van der Waals surface area (Å²) in [6.07, 6.45) is 0.564. The first-order valence-electron chi connectivity index (χ1n) is 12.1. The lowest BCUT2D eigenvalue weighted by Crippen LogP contribution is -2.55. The smallest absolute Gasteiger partial charge is 0.410 e. The van der Waals surface area contributed by atoms with Crippen molar-refractivity contribution in [1.82, 2.24) is 14.8 Å². The van der Waals surface area contributed by atoms with Gasteiger partial charge in [0.25, 0.3) is 0 Å². The van der Waals surface area contributed by atoms with Gasteiger partial charge in [0.2, 0.25) is 0 Å². The molecule has 194 valence electrons. The molecule has 1 aromatic heterocycles. The number of halogens is 2. The van der Waals surface area contributed by atoms with Crippen LogP contribution >= 0.6 is 11.3 Å². The van der Waals surface area contributed by atoms with E-state index in [2.05, 4.69) is 9.88 Å². The first-order valence-corrected chi connectivity index (χ1v) is 12.9. The molecule has 2 atom stereocenters. The van der Waals surface area contributed by atoms with Crippen LogP contribution in [0.2, 0.25) is 0 Å². The van der Waals surface area contributed by atoms with Gasteiger partial charge in [-0.05, 0) is 39.2 Å². The van der Waals surface area contributed by atoms with Gasteiger partial charge in [0, 0.05) is 25.2 Å². The van der Waals surface area contributed by atoms with Crippen molar-refractivity contribution in [1.29, 1.82) is 0 Å². The van der Waals surface area contributed by atoms with E-state index in [1.54, 1.807) is 25.7 Å². The van der Waals surface area contributed by atoms with E-state index in [4.69, 9.17) is 9.47 Å². The van der Waals surface area contributed by atoms with Crippen molar-refractivity contribution in [3.63, 3.8) is 0 Å². The van der Waals surface area contributed by atoms with Gasteiger partial charge >= 0.3 is 18.1 Å². The van der Waals surface area contributed by atoms with E-state index >= 15 is 8.78 Å². The van der Waals surface area contributed by atoms with E-state index in [1.165, 1.54) is 11.3 Å². The number of likely N-dealkylation sites (tertiary alicyclic amines) is 1. The molecule has 2 aromatic rings. The Morgan fingerprint density at radius 2 is 1.75 bits per heavy atom. The van der Waals surface area contributed by atoms with Gasteiger partial charge in [-0.1, -0.05) is 41.7 Å². The van der Waals surface area contributed by atoms with Crippen LogP contribution in [0.4, 0.5) is 23.5 Å². The van der Waals surface area contributed by atoms with Crippen LogP contribution < -0.4 is 4.90 Å². The van der Waals surface area contributed by atoms with E-state index in [0.717, 1.165) is 23.3 Å². The maximum atomic E-state index is 15.0. The second-order valence-electron chi connectivity index (χ2n) is 10.5. The third-order valence-electron chi connectivity index (χ3n) is 6.57. The number of fused-ring (bicyclic) bond motifs is 3. The lowest BCUT2D eigenvalue weighted by Gasteiger charge is -2.40. The molecule has 2 unspecified atom stereocenters. The highest BCUT2D eigenvalue weighted by Gasteiger charge is 2.48. The molecule has 2 bridgehead atoms. The van der Waals surface area contributed by atoms with Gasteiger partial charge in [0.1, 0.15) is 17.9 Å². The van der Waals surface area contributed by atoms with E-state index < -0.39 is 24.2 Å². The average molecular weight is 521 g/mol. The molecular weight excluding hydrogens is 490 g/mol. The number of thiazole rings is 1. The predicted molar refractivity (Wildman–Crippen MR) is 130 cm³/mol. The lowest BCUT2D eigenvalue weighted by molar-refractivity contribution is -0.0612. The summed E-state index contributed by atoms with van der Waals surface area (Å²) < 4.78 is 40.9. The summed E-state index contributed by atoms with van der Waals surface area (Å²) in [5.41, 5.74) is -0.110. The standard InChI is InChI=1S/C25H30F2N4O4S/c1-24(2,3)35-23(33)30-13-19-20(25(26,27)15-30)28-21(36-19)31-17-9-10-18(31)12-29(11-17)22(32)34-14-16-7-5-4-6-8-16/h4-8,17-18H,9-15H2,1-3H3. The van der Waals surface area contributed by atoms with Gasteiger partial charge in [-0.3, -0.25) is 4.90 Å². The molecule has 5 rings (SSSR count). The molecule has 2 fully saturated rings. The summed E-state index contributed by atoms with van der Waals surface area (Å²) in [7, 11) is 0. The number of aromatic nitrogens is 1. The maximum Gasteiger partial charge on any atom is 0.410 e. The van der Waals surface area contributed by atoms with Crippen LogP contribution in [-0.2, 0) is 28.5 Å². The number of amides is 2. The van der Waals surface area contributed by atoms with Crippen molar-refractivity contribution in [2.24, 2.45) is 0 Å². The molecular formula is C25H30F2N4O4S. The Labute approximate surface area is 212 Å². The van der Waals surface area contributed by atoms with Crippen LogP contribution in [-0.4, -0.2) is 64.3 Å². The SMILES string of the molecule is CC(C)(C)OC(=O)N1Cc2sc(N3C4CCC3CN(C(=O)OCc3ccccc3)C4)nc2C(F)(F)C1. The molecule has 1 aromatic carbocycles. The number of ether oxygens (including phenoxy) is 2. The number of anilines is 1. The van der Waals surface area contributed by atoms with Crippen molar-refractivity contribution in [2.45, 2.75) is 70.4 Å². The fourth-order valence-corrected chi connectivity index (χ4v) is 6.29. The minimum absolute atomic E-state index is 0.0174. The quantitative estimate of drug-likeness (QED) is 0.569. The van der Waals surface area contributed by atoms with Crippen LogP contribution in [0.5, 0.6) is 0 Å². The Morgan fingerprint density at radius 3 is 2.39 bits per heavy atom. The normalized spacial score (nSPS) is 22.9. The highest BCUT2D eigenvalue weighted by atomic mass is 32.1. The highest BCUT2D eigenvalue weighted by molar-refractivity contribution is 7.15. The zero-order valence-electron chi connectivity index (χ0n) is 20.6. The summed E-state index contributed by atoms with van der Waals surface area (Å²) >= 11 is 1.20. The van der Waals surface area contributed by atoms with E-state index in [9.17, 15) is 9.59 Å². The van der Waals surface area contributed by atoms with Gasteiger partial charge in [0.05, 0.1) is 18.0 Å². The zero-order chi connectivity index (χ0) is 25.7. The summed E-state index contributed by atoms with van der Waals surface area (Å²) in [4.78, 5) is 34.7. The summed E-state index contributed by atoms with van der Waals surface area (Å²) in [5.74, 6) is -3.26. The second kappa shape index (κ2) is 9.17. The molecule has 8 nitrogen and oxygen atoms in total. The van der Waals surface area contributed by atoms with Crippen LogP contribution in [0.3, 0.4) is 0 Å². The van der Waals surface area contributed by atoms with Crippen LogP contribution in [0.1, 0.15) is 49.7 Å². The number of hydrogen-bond donors (Lipinski definition) is 0. The number of hydrogen-bond acceptors (Lipinski definition) is 7. The van der Waals surface area contributed by atoms with Crippen molar-refractivity contribution < 1.29 is 27.8 Å². The Morgan fingerprint density at radius 1 is 1.08 bits per heavy atom. The number of rotatable bonds is 3. The molecule has 3 aliphatic rings. The molecule has 0 aliphatic carbocycles. The molecule has 0 saturated carbocycles. The number of benzene rings is 1. The Bertz CT molecular complexity index is 1120. The molecule has 0 spiro atoms. The largest absolute Gasteiger partial charge is 0.445 e. The number of carbonyl (C=O) groups excluding carboxylic acids is 2. The second-order valence-corrected chi connectivity index (χ2v) is 11.6. The third-order valence-corrected chi connectivity index (χ3v) is 7.63. The van der Waals surface area contributed by atoms with Gasteiger partial charge in [0.15, 0.2) is 5.13 Å². The van der Waals surface area contributed by atoms with Crippen LogP contribution in [0.15, 0.2) is 30.3 Å². The predicted octanol–water partition coefficient (Wildman–Crippen LogP) is 4.98. The summed E-state index contributed by atoms with van der Waals surface area (Å²) in [6, 6.07) is 9.46. The van der Waals surface area contributed by atoms with Gasteiger partial charge in [-0.25, -0.2) is 14.6 Å². The summed E-state index contributed by atoms with van der Waals surface area (Å²) in [5, 5.41) is 0.524. The molecule has 3 aliphatic heterocycles. The first-order chi connectivity index (χ1) is 17.0. The van der Waals surface area contributed by atoms with Crippen molar-refractivity contribution in [2.75, 3.05) is 24.5 Å². The highest BCUT2D eigenvalue weighted by Crippen LogP contribution is 2.44. The third kappa shape index (κ3) is 4.98. The summed E-state index contributed by atoms with van der Waals surface area (Å²) in [6.45, 7) is 5.51. The molecule has 36 heavy (non-hydrogen) atoms. The van der Waals surface area contributed by atoms with Gasteiger partial charge < -0.3 is 19.3 Å². The lowest BCUT2D eigenvalue weighted by atomic mass is 10.1. The molecule has 11 heteroatoms. The van der Waals surface area contributed by atoms with Crippen molar-refractivity contribution in [3.8, 4) is 0 Å². The molecule has 2 saturated heterocycles. The fourth-order valence-electron chi connectivity index (χ4n) is 5.02. The topological polar surface area (TPSA) is 75.2 Å². The zero-order valence-corrected chi connectivity index (χ0v) is 21.4. The van der Waals surface area contributed by atoms with E-state index in [1.807, 2.05) is 30.3 Å². The molecule has 0 radical (unpaired) electrons. The Balaban J connectivity index is 1.27. The maximum absolute atomic E-state index is 15.0. The monoisotopic (exact) mass is 520 g/mol. The minimum Gasteiger partial charge on any atom is -0.445 e. The van der Waals surface area contributed by atoms with Crippen LogP contribution in [0, 0.1) is 0 Å². The van der Waals surface area contributed by atoms with Crippen LogP contribution in [0.25, 0.3) is 0 Å². The van der Waals surface area contributed by atoms with Gasteiger partial charge in [-0.2, -0.15) is 8.78 Å². The van der Waals surface area contributed by atoms with Crippen molar-refractivity contribution in [3.05, 3.63) is 46.5 Å². The number of carbonyl (C=O) groups is 2. The van der Waals surface area contributed by atoms with Crippen molar-refractivity contribution >= 4 is 28.7 Å². The molecule has 2 amide bonds.